The molecule has 0 saturated heterocycles. The number of nitrogens with zero attached hydrogens (tertiary/aromatic N) is 3. The number of hydrogen-bond acceptors (Lipinski definition) is 7. The first-order valence-electron chi connectivity index (χ1n) is 10.9. The molecule has 3 aromatic heterocycles. The van der Waals surface area contributed by atoms with Crippen molar-refractivity contribution in [3.8, 4) is 23.0 Å². The molecule has 168 valence electrons. The monoisotopic (exact) mass is 451 g/mol. The number of pyridine rings is 1. The van der Waals surface area contributed by atoms with Crippen LogP contribution in [0.25, 0.3) is 21.7 Å². The quantitative estimate of drug-likeness (QED) is 0.308. The number of hydrogen-bond donors (Lipinski definition) is 3. The van der Waals surface area contributed by atoms with Crippen LogP contribution in [0, 0.1) is 12.8 Å². The van der Waals surface area contributed by atoms with Crippen molar-refractivity contribution in [2.24, 2.45) is 5.92 Å². The summed E-state index contributed by atoms with van der Waals surface area (Å²) in [4.78, 5) is 17.0. The Morgan fingerprint density at radius 2 is 1.97 bits per heavy atom. The lowest BCUT2D eigenvalue weighted by Gasteiger charge is -2.17. The number of aryl methyl sites for hydroxylation is 2. The molecule has 0 unspecified atom stereocenters. The maximum Gasteiger partial charge on any atom is 0.184 e. The highest BCUT2D eigenvalue weighted by Crippen LogP contribution is 2.32. The van der Waals surface area contributed by atoms with Crippen molar-refractivity contribution in [3.63, 3.8) is 0 Å². The third-order valence-electron chi connectivity index (χ3n) is 5.19. The third kappa shape index (κ3) is 5.08. The molecule has 0 bridgehead atoms. The molecular weight excluding hydrogens is 422 g/mol. The van der Waals surface area contributed by atoms with Gasteiger partial charge in [0.05, 0.1) is 28.6 Å². The summed E-state index contributed by atoms with van der Waals surface area (Å²) in [5.41, 5.74) is 3.76. The maximum absolute atomic E-state index is 9.64. The van der Waals surface area contributed by atoms with Crippen molar-refractivity contribution in [1.29, 1.82) is 0 Å². The minimum Gasteiger partial charge on any atom is -0.457 e. The highest BCUT2D eigenvalue weighted by Gasteiger charge is 2.14. The van der Waals surface area contributed by atoms with E-state index >= 15 is 0 Å². The minimum absolute atomic E-state index is 0.0000147. The number of aromatic amines is 1. The molecule has 3 N–H and O–H groups in total. The van der Waals surface area contributed by atoms with E-state index in [1.54, 1.807) is 17.5 Å². The predicted octanol–water partition coefficient (Wildman–Crippen LogP) is 5.56. The van der Waals surface area contributed by atoms with Gasteiger partial charge in [-0.15, -0.1) is 0 Å². The van der Waals surface area contributed by atoms with Crippen LogP contribution in [0.4, 0.5) is 5.13 Å². The van der Waals surface area contributed by atoms with Gasteiger partial charge in [-0.05, 0) is 43.9 Å². The van der Waals surface area contributed by atoms with Crippen molar-refractivity contribution < 1.29 is 9.84 Å². The van der Waals surface area contributed by atoms with E-state index in [0.29, 0.717) is 11.7 Å². The minimum atomic E-state index is -0.0000147. The SMILES string of the molecule is CCc1nc(-c2cc(Oc3ccc4nc(N[C@@H](CO)CC(C)C)sc4c3)ccn2)[nH]c1C. The molecule has 1 aromatic carbocycles. The predicted molar refractivity (Wildman–Crippen MR) is 130 cm³/mol. The molecule has 7 nitrogen and oxygen atoms in total. The second-order valence-corrected chi connectivity index (χ2v) is 9.32. The van der Waals surface area contributed by atoms with Crippen LogP contribution >= 0.6 is 11.3 Å². The summed E-state index contributed by atoms with van der Waals surface area (Å²) in [7, 11) is 0. The van der Waals surface area contributed by atoms with Gasteiger partial charge in [-0.1, -0.05) is 32.1 Å². The van der Waals surface area contributed by atoms with Gasteiger partial charge in [0.15, 0.2) is 11.0 Å². The van der Waals surface area contributed by atoms with Gasteiger partial charge in [0.2, 0.25) is 0 Å². The number of aliphatic hydroxyl groups is 1. The Balaban J connectivity index is 1.52. The van der Waals surface area contributed by atoms with Gasteiger partial charge in [-0.2, -0.15) is 0 Å². The second-order valence-electron chi connectivity index (χ2n) is 8.29. The first-order chi connectivity index (χ1) is 15.4. The van der Waals surface area contributed by atoms with Crippen LogP contribution in [-0.2, 0) is 6.42 Å². The third-order valence-corrected chi connectivity index (χ3v) is 6.14. The van der Waals surface area contributed by atoms with Crippen LogP contribution in [0.3, 0.4) is 0 Å². The molecular formula is C24H29N5O2S. The van der Waals surface area contributed by atoms with E-state index in [1.165, 1.54) is 0 Å². The number of nitrogens with one attached hydrogen (secondary N) is 2. The Morgan fingerprint density at radius 3 is 2.69 bits per heavy atom. The fraction of sp³-hybridized carbons (Fsp3) is 0.375. The van der Waals surface area contributed by atoms with Crippen molar-refractivity contribution >= 4 is 26.7 Å². The molecule has 0 radical (unpaired) electrons. The molecule has 0 fully saturated rings. The molecule has 1 atom stereocenters. The first-order valence-corrected chi connectivity index (χ1v) is 11.7. The zero-order valence-corrected chi connectivity index (χ0v) is 19.7. The number of aliphatic hydroxyl groups excluding tert-OH is 1. The Labute approximate surface area is 191 Å². The number of rotatable bonds is 9. The van der Waals surface area contributed by atoms with E-state index in [1.807, 2.05) is 37.3 Å². The van der Waals surface area contributed by atoms with Crippen LogP contribution in [0.5, 0.6) is 11.5 Å². The van der Waals surface area contributed by atoms with Crippen molar-refractivity contribution in [2.45, 2.75) is 46.6 Å². The molecule has 4 rings (SSSR count). The molecule has 3 heterocycles. The fourth-order valence-corrected chi connectivity index (χ4v) is 4.63. The number of ether oxygens (including phenoxy) is 1. The molecule has 32 heavy (non-hydrogen) atoms. The summed E-state index contributed by atoms with van der Waals surface area (Å²) in [6.07, 6.45) is 3.49. The van der Waals surface area contributed by atoms with Gasteiger partial charge in [0.25, 0.3) is 0 Å². The van der Waals surface area contributed by atoms with E-state index < -0.39 is 0 Å². The summed E-state index contributed by atoms with van der Waals surface area (Å²) in [5, 5.41) is 13.8. The van der Waals surface area contributed by atoms with E-state index in [0.717, 1.165) is 56.8 Å². The number of aromatic nitrogens is 4. The lowest BCUT2D eigenvalue weighted by molar-refractivity contribution is 0.259. The Kier molecular flexibility index (Phi) is 6.72. The van der Waals surface area contributed by atoms with Crippen LogP contribution in [0.15, 0.2) is 36.5 Å². The van der Waals surface area contributed by atoms with E-state index in [9.17, 15) is 5.11 Å². The Hall–Kier alpha value is -2.97. The smallest absolute Gasteiger partial charge is 0.184 e. The van der Waals surface area contributed by atoms with Crippen LogP contribution < -0.4 is 10.1 Å². The highest BCUT2D eigenvalue weighted by atomic mass is 32.1. The molecule has 0 spiro atoms. The Bertz CT molecular complexity index is 1200. The normalized spacial score (nSPS) is 12.4. The van der Waals surface area contributed by atoms with Crippen molar-refractivity contribution in [1.82, 2.24) is 19.9 Å². The van der Waals surface area contributed by atoms with Crippen LogP contribution in [0.1, 0.15) is 38.6 Å². The fourth-order valence-electron chi connectivity index (χ4n) is 3.66. The number of thiazole rings is 1. The zero-order chi connectivity index (χ0) is 22.7. The summed E-state index contributed by atoms with van der Waals surface area (Å²) in [6.45, 7) is 8.49. The van der Waals surface area contributed by atoms with Crippen LogP contribution in [-0.4, -0.2) is 37.7 Å². The highest BCUT2D eigenvalue weighted by molar-refractivity contribution is 7.22. The molecule has 0 saturated carbocycles. The average Bonchev–Trinajstić information content (AvgIpc) is 3.35. The molecule has 0 amide bonds. The van der Waals surface area contributed by atoms with Gasteiger partial charge in [0.1, 0.15) is 17.2 Å². The number of anilines is 1. The summed E-state index contributed by atoms with van der Waals surface area (Å²) in [5.74, 6) is 2.67. The lowest BCUT2D eigenvalue weighted by Crippen LogP contribution is -2.25. The second kappa shape index (κ2) is 9.67. The van der Waals surface area contributed by atoms with Crippen molar-refractivity contribution in [2.75, 3.05) is 11.9 Å². The number of imidazole rings is 1. The standard InChI is InChI=1S/C24H29N5O2S/c1-5-19-15(4)26-23(28-19)21-11-18(8-9-25-21)31-17-6-7-20-22(12-17)32-24(29-20)27-16(13-30)10-14(2)3/h6-9,11-12,14,16,30H,5,10,13H2,1-4H3,(H,26,28)(H,27,29)/t16-/m1/s1. The van der Waals surface area contributed by atoms with E-state index in [2.05, 4.69) is 46.0 Å². The van der Waals surface area contributed by atoms with Crippen LogP contribution in [0.2, 0.25) is 0 Å². The topological polar surface area (TPSA) is 96.0 Å². The molecule has 8 heteroatoms. The lowest BCUT2D eigenvalue weighted by atomic mass is 10.0. The Morgan fingerprint density at radius 1 is 1.16 bits per heavy atom. The number of fused-ring (bicyclic) bond motifs is 1. The summed E-state index contributed by atoms with van der Waals surface area (Å²) in [6, 6.07) is 9.58. The zero-order valence-electron chi connectivity index (χ0n) is 18.8. The number of benzene rings is 1. The maximum atomic E-state index is 9.64. The van der Waals surface area contributed by atoms with Gasteiger partial charge >= 0.3 is 0 Å². The number of H-pyrrole nitrogens is 1. The molecule has 0 aliphatic heterocycles. The van der Waals surface area contributed by atoms with E-state index in [-0.39, 0.29) is 12.6 Å². The van der Waals surface area contributed by atoms with Gasteiger partial charge in [0, 0.05) is 24.0 Å². The first kappa shape index (κ1) is 22.2. The van der Waals surface area contributed by atoms with E-state index in [4.69, 9.17) is 4.74 Å². The summed E-state index contributed by atoms with van der Waals surface area (Å²) >= 11 is 1.56. The molecule has 4 aromatic rings. The largest absolute Gasteiger partial charge is 0.457 e. The average molecular weight is 452 g/mol. The van der Waals surface area contributed by atoms with Gasteiger partial charge < -0.3 is 20.1 Å². The molecule has 0 aliphatic carbocycles. The summed E-state index contributed by atoms with van der Waals surface area (Å²) < 4.78 is 7.14. The van der Waals surface area contributed by atoms with Gasteiger partial charge in [-0.3, -0.25) is 4.98 Å². The van der Waals surface area contributed by atoms with Crippen molar-refractivity contribution in [3.05, 3.63) is 47.9 Å². The molecule has 0 aliphatic rings. The van der Waals surface area contributed by atoms with Gasteiger partial charge in [-0.25, -0.2) is 9.97 Å².